The van der Waals surface area contributed by atoms with Crippen LogP contribution in [-0.2, 0) is 13.0 Å². The minimum Gasteiger partial charge on any atom is -0.477 e. The highest BCUT2D eigenvalue weighted by atomic mass is 16.5. The lowest BCUT2D eigenvalue weighted by atomic mass is 10.00. The highest BCUT2D eigenvalue weighted by Crippen LogP contribution is 2.43. The number of nitrogens with zero attached hydrogens (tertiary/aromatic N) is 2. The summed E-state index contributed by atoms with van der Waals surface area (Å²) in [4.78, 5) is 17.9. The Morgan fingerprint density at radius 3 is 2.47 bits per heavy atom. The third-order valence-electron chi connectivity index (χ3n) is 7.10. The van der Waals surface area contributed by atoms with E-state index in [1.807, 2.05) is 37.3 Å². The van der Waals surface area contributed by atoms with Crippen molar-refractivity contribution >= 4 is 17.5 Å². The van der Waals surface area contributed by atoms with E-state index in [0.29, 0.717) is 23.8 Å². The predicted molar refractivity (Wildman–Crippen MR) is 145 cm³/mol. The van der Waals surface area contributed by atoms with Crippen LogP contribution in [0.15, 0.2) is 66.4 Å². The zero-order valence-corrected chi connectivity index (χ0v) is 21.4. The van der Waals surface area contributed by atoms with E-state index in [0.717, 1.165) is 61.5 Å². The molecule has 0 radical (unpaired) electrons. The minimum atomic E-state index is -0.0649. The van der Waals surface area contributed by atoms with Gasteiger partial charge < -0.3 is 14.4 Å². The number of ketones is 1. The molecule has 0 aromatic heterocycles. The number of Topliss-reactive ketones (excluding diaryl/α,β-unsaturated/α-hetero) is 1. The van der Waals surface area contributed by atoms with Crippen molar-refractivity contribution in [1.29, 1.82) is 0 Å². The molecule has 3 aromatic carbocycles. The van der Waals surface area contributed by atoms with E-state index in [1.165, 1.54) is 11.3 Å². The van der Waals surface area contributed by atoms with Crippen LogP contribution in [0.5, 0.6) is 11.5 Å². The number of rotatable bonds is 8. The van der Waals surface area contributed by atoms with Crippen molar-refractivity contribution < 1.29 is 14.3 Å². The van der Waals surface area contributed by atoms with Gasteiger partial charge in [0.15, 0.2) is 5.76 Å². The number of anilines is 1. The molecule has 0 spiro atoms. The number of allylic oxidation sites excluding steroid dienone is 1. The van der Waals surface area contributed by atoms with E-state index in [-0.39, 0.29) is 5.78 Å². The Morgan fingerprint density at radius 1 is 1.00 bits per heavy atom. The van der Waals surface area contributed by atoms with E-state index in [1.54, 1.807) is 0 Å². The van der Waals surface area contributed by atoms with Crippen LogP contribution in [0.3, 0.4) is 0 Å². The number of fused-ring (bicyclic) bond motifs is 2. The van der Waals surface area contributed by atoms with Crippen molar-refractivity contribution in [1.82, 2.24) is 4.90 Å². The van der Waals surface area contributed by atoms with Crippen LogP contribution >= 0.6 is 0 Å². The molecule has 5 rings (SSSR count). The Balaban J connectivity index is 1.29. The third kappa shape index (κ3) is 4.89. The molecule has 2 heterocycles. The van der Waals surface area contributed by atoms with Gasteiger partial charge in [-0.2, -0.15) is 0 Å². The van der Waals surface area contributed by atoms with Crippen molar-refractivity contribution in [2.45, 2.75) is 40.2 Å². The molecule has 0 bridgehead atoms. The summed E-state index contributed by atoms with van der Waals surface area (Å²) >= 11 is 0. The monoisotopic (exact) mass is 482 g/mol. The molecule has 0 unspecified atom stereocenters. The summed E-state index contributed by atoms with van der Waals surface area (Å²) in [5, 5.41) is 0. The van der Waals surface area contributed by atoms with Crippen molar-refractivity contribution in [3.8, 4) is 11.5 Å². The number of benzene rings is 3. The van der Waals surface area contributed by atoms with Crippen molar-refractivity contribution in [2.24, 2.45) is 0 Å². The van der Waals surface area contributed by atoms with Crippen LogP contribution in [0.4, 0.5) is 5.69 Å². The number of carbonyl (C=O) groups is 1. The highest BCUT2D eigenvalue weighted by molar-refractivity contribution is 6.15. The fraction of sp³-hybridized carbons (Fsp3) is 0.323. The Kier molecular flexibility index (Phi) is 7.10. The fourth-order valence-corrected chi connectivity index (χ4v) is 5.11. The van der Waals surface area contributed by atoms with Gasteiger partial charge in [0.05, 0.1) is 5.56 Å². The average Bonchev–Trinajstić information content (AvgIpc) is 3.21. The maximum absolute atomic E-state index is 13.3. The van der Waals surface area contributed by atoms with E-state index >= 15 is 0 Å². The molecule has 0 aliphatic carbocycles. The van der Waals surface area contributed by atoms with Crippen molar-refractivity contribution in [3.05, 3.63) is 94.2 Å². The number of aryl methyl sites for hydroxylation is 1. The molecule has 5 nitrogen and oxygen atoms in total. The van der Waals surface area contributed by atoms with Gasteiger partial charge in [-0.25, -0.2) is 0 Å². The summed E-state index contributed by atoms with van der Waals surface area (Å²) in [6.45, 7) is 10.5. The molecule has 0 saturated carbocycles. The first-order valence-corrected chi connectivity index (χ1v) is 12.9. The topological polar surface area (TPSA) is 42.0 Å². The second-order valence-electron chi connectivity index (χ2n) is 9.49. The number of carbonyl (C=O) groups excluding carboxylic acids is 1. The molecule has 2 aliphatic heterocycles. The molecule has 3 aromatic rings. The summed E-state index contributed by atoms with van der Waals surface area (Å²) in [5.74, 6) is 1.78. The molecule has 0 amide bonds. The molecule has 5 heteroatoms. The zero-order valence-electron chi connectivity index (χ0n) is 21.4. The number of ether oxygens (including phenoxy) is 2. The normalized spacial score (nSPS) is 15.9. The standard InChI is InChI=1S/C31H34N2O3/c1-4-33(5-2)26-15-13-24(14-16-26)18-28-29(34)27-19-25-20-32(17-9-12-23-10-7-6-8-11-23)21-35-30(25)22(3)31(27)36-28/h6-8,10-11,13-16,18-19H,4-5,9,12,17,20-21H2,1-3H3/b28-18-. The van der Waals surface area contributed by atoms with Gasteiger partial charge in [0.25, 0.3) is 0 Å². The summed E-state index contributed by atoms with van der Waals surface area (Å²) in [6.07, 6.45) is 3.95. The molecular formula is C31H34N2O3. The quantitative estimate of drug-likeness (QED) is 0.356. The fourth-order valence-electron chi connectivity index (χ4n) is 5.11. The van der Waals surface area contributed by atoms with Gasteiger partial charge in [0.2, 0.25) is 5.78 Å². The summed E-state index contributed by atoms with van der Waals surface area (Å²) in [6, 6.07) is 20.8. The van der Waals surface area contributed by atoms with Gasteiger partial charge in [-0.15, -0.1) is 0 Å². The molecule has 0 saturated heterocycles. The first-order valence-electron chi connectivity index (χ1n) is 12.9. The average molecular weight is 483 g/mol. The Hall–Kier alpha value is -3.57. The Morgan fingerprint density at radius 2 is 1.75 bits per heavy atom. The smallest absolute Gasteiger partial charge is 0.231 e. The highest BCUT2D eigenvalue weighted by Gasteiger charge is 2.33. The molecule has 0 atom stereocenters. The van der Waals surface area contributed by atoms with Gasteiger partial charge >= 0.3 is 0 Å². The second-order valence-corrected chi connectivity index (χ2v) is 9.49. The van der Waals surface area contributed by atoms with E-state index in [2.05, 4.69) is 60.0 Å². The first kappa shape index (κ1) is 24.1. The maximum Gasteiger partial charge on any atom is 0.231 e. The molecule has 186 valence electrons. The Bertz CT molecular complexity index is 1260. The molecule has 2 aliphatic rings. The summed E-state index contributed by atoms with van der Waals surface area (Å²) in [7, 11) is 0. The third-order valence-corrected chi connectivity index (χ3v) is 7.10. The van der Waals surface area contributed by atoms with E-state index in [4.69, 9.17) is 9.47 Å². The van der Waals surface area contributed by atoms with Crippen LogP contribution in [0.25, 0.3) is 6.08 Å². The van der Waals surface area contributed by atoms with Gasteiger partial charge in [0.1, 0.15) is 18.2 Å². The van der Waals surface area contributed by atoms with Gasteiger partial charge in [-0.3, -0.25) is 9.69 Å². The molecule has 36 heavy (non-hydrogen) atoms. The maximum atomic E-state index is 13.3. The van der Waals surface area contributed by atoms with E-state index < -0.39 is 0 Å². The summed E-state index contributed by atoms with van der Waals surface area (Å²) in [5.41, 5.74) is 6.07. The van der Waals surface area contributed by atoms with Gasteiger partial charge in [-0.1, -0.05) is 42.5 Å². The van der Waals surface area contributed by atoms with Crippen LogP contribution in [0, 0.1) is 6.92 Å². The Labute approximate surface area is 213 Å². The number of hydrogen-bond donors (Lipinski definition) is 0. The van der Waals surface area contributed by atoms with Gasteiger partial charge in [-0.05, 0) is 69.0 Å². The predicted octanol–water partition coefficient (Wildman–Crippen LogP) is 6.24. The van der Waals surface area contributed by atoms with Crippen molar-refractivity contribution in [3.63, 3.8) is 0 Å². The van der Waals surface area contributed by atoms with Crippen LogP contribution in [0.2, 0.25) is 0 Å². The SMILES string of the molecule is CCN(CC)c1ccc(/C=C2\Oc3c(cc4c(c3C)OCN(CCCc3ccccc3)C4)C2=O)cc1. The van der Waals surface area contributed by atoms with Crippen molar-refractivity contribution in [2.75, 3.05) is 31.3 Å². The molecule has 0 fully saturated rings. The van der Waals surface area contributed by atoms with Crippen LogP contribution in [-0.4, -0.2) is 37.0 Å². The summed E-state index contributed by atoms with van der Waals surface area (Å²) < 4.78 is 12.2. The molecular weight excluding hydrogens is 448 g/mol. The van der Waals surface area contributed by atoms with E-state index in [9.17, 15) is 4.79 Å². The number of hydrogen-bond acceptors (Lipinski definition) is 5. The second kappa shape index (κ2) is 10.6. The van der Waals surface area contributed by atoms with Crippen LogP contribution < -0.4 is 14.4 Å². The largest absolute Gasteiger partial charge is 0.477 e. The zero-order chi connectivity index (χ0) is 25.1. The van der Waals surface area contributed by atoms with Gasteiger partial charge in [0, 0.05) is 43.0 Å². The lowest BCUT2D eigenvalue weighted by molar-refractivity contribution is 0.0932. The first-order chi connectivity index (χ1) is 17.6. The molecule has 0 N–H and O–H groups in total. The minimum absolute atomic E-state index is 0.0649. The van der Waals surface area contributed by atoms with Crippen LogP contribution in [0.1, 0.15) is 52.9 Å². The lowest BCUT2D eigenvalue weighted by Gasteiger charge is -2.30. The lowest BCUT2D eigenvalue weighted by Crippen LogP contribution is -2.33.